The fourth-order valence-electron chi connectivity index (χ4n) is 1.17. The Bertz CT molecular complexity index is 348. The highest BCUT2D eigenvalue weighted by Crippen LogP contribution is 2.20. The van der Waals surface area contributed by atoms with E-state index in [1.807, 2.05) is 30.3 Å². The van der Waals surface area contributed by atoms with Gasteiger partial charge in [-0.2, -0.15) is 0 Å². The Morgan fingerprint density at radius 2 is 2.07 bits per heavy atom. The molecule has 15 heavy (non-hydrogen) atoms. The third-order valence-corrected chi connectivity index (χ3v) is 2.73. The van der Waals surface area contributed by atoms with E-state index in [4.69, 9.17) is 5.11 Å². The number of thioether (sulfide) groups is 1. The van der Waals surface area contributed by atoms with E-state index in [0.29, 0.717) is 6.42 Å². The first-order chi connectivity index (χ1) is 7.09. The summed E-state index contributed by atoms with van der Waals surface area (Å²) in [5.74, 6) is -0.985. The van der Waals surface area contributed by atoms with Gasteiger partial charge in [0, 0.05) is 0 Å². The summed E-state index contributed by atoms with van der Waals surface area (Å²) >= 11 is 0.753. The lowest BCUT2D eigenvalue weighted by molar-refractivity contribution is -0.283. The topological polar surface area (TPSA) is 60.4 Å². The molecule has 0 saturated heterocycles. The molecule has 0 heterocycles. The molecule has 0 spiro atoms. The molecule has 0 saturated carbocycles. The summed E-state index contributed by atoms with van der Waals surface area (Å²) in [7, 11) is 0. The van der Waals surface area contributed by atoms with Gasteiger partial charge in [-0.05, 0) is 12.0 Å². The molecule has 1 unspecified atom stereocenters. The molecule has 1 N–H and O–H groups in total. The van der Waals surface area contributed by atoms with Gasteiger partial charge in [-0.15, -0.1) is 18.3 Å². The van der Waals surface area contributed by atoms with Crippen LogP contribution in [0.25, 0.3) is 0 Å². The minimum absolute atomic E-state index is 0.335. The molecule has 0 aliphatic heterocycles. The number of carboxylic acids is 1. The SMILES string of the molecule is C=C([O-])SC(Cc1ccccc1)C(=O)O. The highest BCUT2D eigenvalue weighted by molar-refractivity contribution is 8.03. The Kier molecular flexibility index (Phi) is 4.24. The molecule has 0 aromatic heterocycles. The van der Waals surface area contributed by atoms with Gasteiger partial charge in [0.25, 0.3) is 0 Å². The number of carboxylic acid groups (broad SMARTS) is 1. The number of benzene rings is 1. The van der Waals surface area contributed by atoms with Crippen LogP contribution in [0.15, 0.2) is 42.0 Å². The fraction of sp³-hybridized carbons (Fsp3) is 0.182. The molecule has 0 radical (unpaired) electrons. The van der Waals surface area contributed by atoms with Crippen molar-refractivity contribution >= 4 is 17.7 Å². The van der Waals surface area contributed by atoms with E-state index in [1.165, 1.54) is 0 Å². The molecule has 1 rings (SSSR count). The van der Waals surface area contributed by atoms with Gasteiger partial charge in [0.1, 0.15) is 5.25 Å². The predicted molar refractivity (Wildman–Crippen MR) is 58.3 cm³/mol. The average Bonchev–Trinajstić information content (AvgIpc) is 2.17. The van der Waals surface area contributed by atoms with Gasteiger partial charge < -0.3 is 10.2 Å². The molecule has 1 atom stereocenters. The van der Waals surface area contributed by atoms with Crippen molar-refractivity contribution in [3.8, 4) is 0 Å². The number of carbonyl (C=O) groups is 1. The minimum atomic E-state index is -0.985. The van der Waals surface area contributed by atoms with Crippen LogP contribution in [0.1, 0.15) is 5.56 Å². The summed E-state index contributed by atoms with van der Waals surface area (Å²) in [5, 5.41) is 18.4. The van der Waals surface area contributed by atoms with Gasteiger partial charge in [0.2, 0.25) is 0 Å². The number of hydrogen-bond donors (Lipinski definition) is 1. The molecule has 0 fully saturated rings. The van der Waals surface area contributed by atoms with Crippen molar-refractivity contribution < 1.29 is 15.0 Å². The Balaban J connectivity index is 2.67. The standard InChI is InChI=1S/C11H12O3S/c1-8(12)15-10(11(13)14)7-9-5-3-2-4-6-9/h2-6,10,12H,1,7H2,(H,13,14)/p-1. The average molecular weight is 223 g/mol. The fourth-order valence-corrected chi connectivity index (χ4v) is 1.86. The molecular formula is C11H11O3S-. The molecule has 0 aliphatic carbocycles. The smallest absolute Gasteiger partial charge is 0.317 e. The number of rotatable bonds is 5. The minimum Gasteiger partial charge on any atom is -0.868 e. The molecular weight excluding hydrogens is 212 g/mol. The largest absolute Gasteiger partial charge is 0.868 e. The molecule has 4 heteroatoms. The van der Waals surface area contributed by atoms with Gasteiger partial charge in [-0.3, -0.25) is 4.79 Å². The van der Waals surface area contributed by atoms with Gasteiger partial charge in [0.15, 0.2) is 0 Å². The number of aliphatic carboxylic acids is 1. The van der Waals surface area contributed by atoms with Crippen molar-refractivity contribution in [2.24, 2.45) is 0 Å². The molecule has 1 aromatic carbocycles. The Morgan fingerprint density at radius 3 is 2.53 bits per heavy atom. The third kappa shape index (κ3) is 4.08. The quantitative estimate of drug-likeness (QED) is 0.763. The zero-order chi connectivity index (χ0) is 11.3. The molecule has 3 nitrogen and oxygen atoms in total. The van der Waals surface area contributed by atoms with Gasteiger partial charge in [-0.25, -0.2) is 0 Å². The summed E-state index contributed by atoms with van der Waals surface area (Å²) in [6.45, 7) is 3.16. The van der Waals surface area contributed by atoms with Crippen molar-refractivity contribution in [2.75, 3.05) is 0 Å². The summed E-state index contributed by atoms with van der Waals surface area (Å²) in [6, 6.07) is 9.21. The zero-order valence-electron chi connectivity index (χ0n) is 8.05. The highest BCUT2D eigenvalue weighted by atomic mass is 32.2. The molecule has 80 valence electrons. The lowest BCUT2D eigenvalue weighted by atomic mass is 10.1. The first-order valence-corrected chi connectivity index (χ1v) is 5.27. The van der Waals surface area contributed by atoms with Crippen LogP contribution in [0.4, 0.5) is 0 Å². The van der Waals surface area contributed by atoms with Gasteiger partial charge in [-0.1, -0.05) is 35.4 Å². The van der Waals surface area contributed by atoms with Crippen LogP contribution in [-0.4, -0.2) is 16.3 Å². The summed E-state index contributed by atoms with van der Waals surface area (Å²) in [4.78, 5) is 10.8. The maximum absolute atomic E-state index is 10.8. The van der Waals surface area contributed by atoms with Crippen LogP contribution in [0.3, 0.4) is 0 Å². The maximum Gasteiger partial charge on any atom is 0.317 e. The molecule has 0 amide bonds. The Morgan fingerprint density at radius 1 is 1.47 bits per heavy atom. The Labute approximate surface area is 92.4 Å². The van der Waals surface area contributed by atoms with Crippen LogP contribution in [0.5, 0.6) is 0 Å². The van der Waals surface area contributed by atoms with Gasteiger partial charge in [0.05, 0.1) is 0 Å². The first-order valence-electron chi connectivity index (χ1n) is 4.39. The predicted octanol–water partition coefficient (Wildman–Crippen LogP) is 1.25. The van der Waals surface area contributed by atoms with Crippen molar-refractivity contribution in [1.29, 1.82) is 0 Å². The second-order valence-electron chi connectivity index (χ2n) is 3.01. The normalized spacial score (nSPS) is 12.0. The Hall–Kier alpha value is -1.42. The van der Waals surface area contributed by atoms with E-state index in [-0.39, 0.29) is 0 Å². The first kappa shape index (κ1) is 11.7. The summed E-state index contributed by atoms with van der Waals surface area (Å²) < 4.78 is 0. The van der Waals surface area contributed by atoms with E-state index >= 15 is 0 Å². The van der Waals surface area contributed by atoms with Crippen molar-refractivity contribution in [2.45, 2.75) is 11.7 Å². The molecule has 1 aromatic rings. The molecule has 0 aliphatic rings. The van der Waals surface area contributed by atoms with E-state index in [0.717, 1.165) is 17.3 Å². The van der Waals surface area contributed by atoms with Crippen LogP contribution in [0.2, 0.25) is 0 Å². The lowest BCUT2D eigenvalue weighted by Crippen LogP contribution is -2.21. The van der Waals surface area contributed by atoms with Crippen LogP contribution in [-0.2, 0) is 11.2 Å². The number of hydrogen-bond acceptors (Lipinski definition) is 3. The summed E-state index contributed by atoms with van der Waals surface area (Å²) in [5.41, 5.74) is 0.902. The summed E-state index contributed by atoms with van der Waals surface area (Å²) in [6.07, 6.45) is 0.335. The van der Waals surface area contributed by atoms with Crippen molar-refractivity contribution in [3.63, 3.8) is 0 Å². The van der Waals surface area contributed by atoms with E-state index in [2.05, 4.69) is 6.58 Å². The third-order valence-electron chi connectivity index (χ3n) is 1.81. The van der Waals surface area contributed by atoms with Gasteiger partial charge >= 0.3 is 5.97 Å². The van der Waals surface area contributed by atoms with E-state index < -0.39 is 16.3 Å². The molecule has 0 bridgehead atoms. The van der Waals surface area contributed by atoms with Crippen LogP contribution < -0.4 is 5.11 Å². The van der Waals surface area contributed by atoms with E-state index in [9.17, 15) is 9.90 Å². The lowest BCUT2D eigenvalue weighted by Gasteiger charge is -2.16. The van der Waals surface area contributed by atoms with Crippen LogP contribution >= 0.6 is 11.8 Å². The highest BCUT2D eigenvalue weighted by Gasteiger charge is 2.17. The monoisotopic (exact) mass is 223 g/mol. The maximum atomic E-state index is 10.8. The van der Waals surface area contributed by atoms with Crippen LogP contribution in [0, 0.1) is 0 Å². The second-order valence-corrected chi connectivity index (χ2v) is 4.27. The van der Waals surface area contributed by atoms with Crippen molar-refractivity contribution in [1.82, 2.24) is 0 Å². The second kappa shape index (κ2) is 5.46. The van der Waals surface area contributed by atoms with E-state index in [1.54, 1.807) is 0 Å². The van der Waals surface area contributed by atoms with Crippen molar-refractivity contribution in [3.05, 3.63) is 47.6 Å². The zero-order valence-corrected chi connectivity index (χ0v) is 8.87.